The summed E-state index contributed by atoms with van der Waals surface area (Å²) >= 11 is 12.2. The van der Waals surface area contributed by atoms with Crippen LogP contribution >= 0.6 is 23.4 Å². The first-order valence-electron chi connectivity index (χ1n) is 4.62. The maximum absolute atomic E-state index is 6.22. The molecule has 1 heterocycles. The van der Waals surface area contributed by atoms with Crippen LogP contribution in [0.25, 0.3) is 21.8 Å². The first-order valence-corrected chi connectivity index (χ1v) is 5.34. The molecule has 1 aromatic heterocycles. The molecular formula is C12H7Cl2N. The Kier molecular flexibility index (Phi) is 1.91. The highest BCUT2D eigenvalue weighted by molar-refractivity contribution is 6.33. The number of hydrogen-bond donors (Lipinski definition) is 0. The van der Waals surface area contributed by atoms with Gasteiger partial charge in [-0.1, -0.05) is 29.8 Å². The van der Waals surface area contributed by atoms with E-state index in [0.717, 1.165) is 26.8 Å². The zero-order chi connectivity index (χ0) is 10.4. The van der Waals surface area contributed by atoms with Crippen LogP contribution in [0.15, 0.2) is 42.5 Å². The van der Waals surface area contributed by atoms with Crippen LogP contribution in [0.4, 0.5) is 0 Å². The number of hydrogen-bond acceptors (Lipinski definition) is 0. The summed E-state index contributed by atoms with van der Waals surface area (Å²) in [5, 5.41) is 2.95. The van der Waals surface area contributed by atoms with Crippen molar-refractivity contribution in [3.8, 4) is 0 Å². The van der Waals surface area contributed by atoms with Gasteiger partial charge in [0, 0.05) is 27.6 Å². The molecule has 0 N–H and O–H groups in total. The van der Waals surface area contributed by atoms with Gasteiger partial charge in [-0.15, -0.1) is 0 Å². The molecule has 0 saturated carbocycles. The van der Waals surface area contributed by atoms with E-state index in [1.54, 1.807) is 4.09 Å². The van der Waals surface area contributed by atoms with Gasteiger partial charge >= 0.3 is 0 Å². The van der Waals surface area contributed by atoms with E-state index < -0.39 is 0 Å². The molecule has 0 atom stereocenters. The lowest BCUT2D eigenvalue weighted by molar-refractivity contribution is 1.40. The van der Waals surface area contributed by atoms with Crippen LogP contribution in [0.1, 0.15) is 0 Å². The average Bonchev–Trinajstić information content (AvgIpc) is 2.54. The first-order chi connectivity index (χ1) is 7.27. The van der Waals surface area contributed by atoms with Crippen molar-refractivity contribution in [1.29, 1.82) is 0 Å². The van der Waals surface area contributed by atoms with Crippen LogP contribution in [0.5, 0.6) is 0 Å². The third-order valence-electron chi connectivity index (χ3n) is 2.58. The van der Waals surface area contributed by atoms with Crippen molar-refractivity contribution in [3.63, 3.8) is 0 Å². The molecule has 15 heavy (non-hydrogen) atoms. The van der Waals surface area contributed by atoms with Gasteiger partial charge in [-0.25, -0.2) is 0 Å². The Balaban J connectivity index is 2.64. The smallest absolute Gasteiger partial charge is 0.0661 e. The van der Waals surface area contributed by atoms with E-state index in [1.165, 1.54) is 0 Å². The summed E-state index contributed by atoms with van der Waals surface area (Å²) in [5.74, 6) is 0. The van der Waals surface area contributed by atoms with Crippen LogP contribution < -0.4 is 0 Å². The molecule has 0 bridgehead atoms. The molecule has 0 amide bonds. The Hall–Kier alpha value is -1.18. The maximum Gasteiger partial charge on any atom is 0.0661 e. The quantitative estimate of drug-likeness (QED) is 0.543. The minimum atomic E-state index is 0.732. The molecule has 1 nitrogen and oxygen atoms in total. The number of aromatic nitrogens is 1. The Morgan fingerprint density at radius 2 is 1.60 bits per heavy atom. The predicted molar refractivity (Wildman–Crippen MR) is 65.7 cm³/mol. The van der Waals surface area contributed by atoms with Gasteiger partial charge in [-0.05, 0) is 24.3 Å². The van der Waals surface area contributed by atoms with E-state index in [0.29, 0.717) is 0 Å². The normalized spacial score (nSPS) is 11.3. The lowest BCUT2D eigenvalue weighted by Crippen LogP contribution is -1.77. The molecular weight excluding hydrogens is 229 g/mol. The lowest BCUT2D eigenvalue weighted by Gasteiger charge is -1.93. The number of para-hydroxylation sites is 1. The molecule has 0 saturated heterocycles. The molecule has 0 fully saturated rings. The van der Waals surface area contributed by atoms with E-state index >= 15 is 0 Å². The number of nitrogens with zero attached hydrogens (tertiary/aromatic N) is 1. The molecule has 3 rings (SSSR count). The van der Waals surface area contributed by atoms with Crippen LogP contribution in [-0.2, 0) is 0 Å². The molecule has 0 unspecified atom stereocenters. The van der Waals surface area contributed by atoms with Crippen molar-refractivity contribution >= 4 is 45.2 Å². The van der Waals surface area contributed by atoms with Gasteiger partial charge in [-0.2, -0.15) is 0 Å². The van der Waals surface area contributed by atoms with E-state index in [4.69, 9.17) is 23.4 Å². The average molecular weight is 236 g/mol. The molecule has 0 radical (unpaired) electrons. The second-order valence-electron chi connectivity index (χ2n) is 3.46. The van der Waals surface area contributed by atoms with Gasteiger partial charge in [0.25, 0.3) is 0 Å². The molecule has 0 aliphatic rings. The lowest BCUT2D eigenvalue weighted by atomic mass is 10.2. The Bertz CT molecular complexity index is 655. The minimum Gasteiger partial charge on any atom is -0.252 e. The van der Waals surface area contributed by atoms with Crippen LogP contribution in [0, 0.1) is 0 Å². The van der Waals surface area contributed by atoms with Gasteiger partial charge in [-0.3, -0.25) is 4.09 Å². The maximum atomic E-state index is 6.22. The van der Waals surface area contributed by atoms with Crippen molar-refractivity contribution in [1.82, 2.24) is 4.09 Å². The summed E-state index contributed by atoms with van der Waals surface area (Å²) in [6.07, 6.45) is 0. The van der Waals surface area contributed by atoms with Crippen molar-refractivity contribution in [3.05, 3.63) is 47.5 Å². The molecule has 0 aliphatic carbocycles. The molecule has 3 aromatic rings. The molecule has 0 spiro atoms. The van der Waals surface area contributed by atoms with E-state index in [1.807, 2.05) is 42.5 Å². The summed E-state index contributed by atoms with van der Waals surface area (Å²) in [7, 11) is 0. The van der Waals surface area contributed by atoms with Gasteiger partial charge < -0.3 is 0 Å². The van der Waals surface area contributed by atoms with Crippen LogP contribution in [0.3, 0.4) is 0 Å². The fourth-order valence-electron chi connectivity index (χ4n) is 1.90. The zero-order valence-electron chi connectivity index (χ0n) is 7.74. The van der Waals surface area contributed by atoms with Crippen molar-refractivity contribution < 1.29 is 0 Å². The predicted octanol–water partition coefficient (Wildman–Crippen LogP) is 4.45. The van der Waals surface area contributed by atoms with E-state index in [2.05, 4.69) is 0 Å². The van der Waals surface area contributed by atoms with Gasteiger partial charge in [0.15, 0.2) is 0 Å². The highest BCUT2D eigenvalue weighted by atomic mass is 35.5. The van der Waals surface area contributed by atoms with E-state index in [-0.39, 0.29) is 0 Å². The monoisotopic (exact) mass is 235 g/mol. The molecule has 2 aromatic carbocycles. The Morgan fingerprint density at radius 1 is 0.867 bits per heavy atom. The summed E-state index contributed by atoms with van der Waals surface area (Å²) < 4.78 is 1.67. The third-order valence-corrected chi connectivity index (χ3v) is 3.18. The second kappa shape index (κ2) is 3.16. The van der Waals surface area contributed by atoms with Crippen molar-refractivity contribution in [2.24, 2.45) is 0 Å². The van der Waals surface area contributed by atoms with Crippen LogP contribution in [0.2, 0.25) is 5.02 Å². The highest BCUT2D eigenvalue weighted by Gasteiger charge is 2.08. The SMILES string of the molecule is Clc1ccc2c(c1)c1ccccc1n2Cl. The summed E-state index contributed by atoms with van der Waals surface area (Å²) in [6.45, 7) is 0. The number of halogens is 2. The zero-order valence-corrected chi connectivity index (χ0v) is 9.26. The van der Waals surface area contributed by atoms with Gasteiger partial charge in [0.2, 0.25) is 0 Å². The molecule has 74 valence electrons. The first kappa shape index (κ1) is 9.08. The largest absolute Gasteiger partial charge is 0.252 e. The van der Waals surface area contributed by atoms with Crippen LogP contribution in [-0.4, -0.2) is 4.09 Å². The number of benzene rings is 2. The Labute approximate surface area is 96.9 Å². The molecule has 0 aliphatic heterocycles. The fraction of sp³-hybridized carbons (Fsp3) is 0. The summed E-state index contributed by atoms with van der Waals surface area (Å²) in [6, 6.07) is 13.7. The van der Waals surface area contributed by atoms with Gasteiger partial charge in [0.05, 0.1) is 11.0 Å². The number of rotatable bonds is 0. The summed E-state index contributed by atoms with van der Waals surface area (Å²) in [5.41, 5.74) is 2.00. The fourth-order valence-corrected chi connectivity index (χ4v) is 2.36. The highest BCUT2D eigenvalue weighted by Crippen LogP contribution is 2.31. The minimum absolute atomic E-state index is 0.732. The topological polar surface area (TPSA) is 4.93 Å². The summed E-state index contributed by atoms with van der Waals surface area (Å²) in [4.78, 5) is 0. The number of fused-ring (bicyclic) bond motifs is 3. The third kappa shape index (κ3) is 1.24. The van der Waals surface area contributed by atoms with Crippen molar-refractivity contribution in [2.75, 3.05) is 0 Å². The van der Waals surface area contributed by atoms with Gasteiger partial charge in [0.1, 0.15) is 0 Å². The second-order valence-corrected chi connectivity index (χ2v) is 4.23. The van der Waals surface area contributed by atoms with E-state index in [9.17, 15) is 0 Å². The standard InChI is InChI=1S/C12H7Cl2N/c13-8-5-6-12-10(7-8)9-3-1-2-4-11(9)15(12)14/h1-7H. The van der Waals surface area contributed by atoms with Crippen molar-refractivity contribution in [2.45, 2.75) is 0 Å². The molecule has 3 heteroatoms. The Morgan fingerprint density at radius 3 is 2.47 bits per heavy atom.